The largest absolute Gasteiger partial charge is 0.338 e. The van der Waals surface area contributed by atoms with Crippen LogP contribution in [0.3, 0.4) is 0 Å². The molecule has 2 saturated heterocycles. The van der Waals surface area contributed by atoms with Crippen molar-refractivity contribution in [3.63, 3.8) is 0 Å². The number of nitrogens with two attached hydrogens (primary N) is 1. The van der Waals surface area contributed by atoms with Crippen LogP contribution >= 0.6 is 0 Å². The number of hydrogen-bond acceptors (Lipinski definition) is 3. The molecule has 2 atom stereocenters. The van der Waals surface area contributed by atoms with Crippen LogP contribution in [-0.4, -0.2) is 42.4 Å². The van der Waals surface area contributed by atoms with Crippen LogP contribution in [0.2, 0.25) is 0 Å². The van der Waals surface area contributed by atoms with Gasteiger partial charge in [-0.15, -0.1) is 0 Å². The van der Waals surface area contributed by atoms with Crippen LogP contribution in [0.4, 0.5) is 14.5 Å². The Morgan fingerprint density at radius 3 is 2.70 bits per heavy atom. The summed E-state index contributed by atoms with van der Waals surface area (Å²) in [4.78, 5) is 28.2. The number of rotatable bonds is 3. The van der Waals surface area contributed by atoms with Crippen LogP contribution in [-0.2, 0) is 9.59 Å². The average molecular weight is 323 g/mol. The summed E-state index contributed by atoms with van der Waals surface area (Å²) in [6, 6.07) is 3.31. The maximum Gasteiger partial charge on any atom is 0.239 e. The van der Waals surface area contributed by atoms with Crippen LogP contribution in [0.5, 0.6) is 0 Å². The average Bonchev–Trinajstić information content (AvgIpc) is 3.16. The van der Waals surface area contributed by atoms with E-state index < -0.39 is 17.6 Å². The number of nitrogens with zero attached hydrogens (tertiary/aromatic N) is 2. The summed E-state index contributed by atoms with van der Waals surface area (Å²) in [6.07, 6.45) is 2.13. The second kappa shape index (κ2) is 6.23. The molecule has 2 heterocycles. The molecular formula is C16H19F2N3O2. The fourth-order valence-electron chi connectivity index (χ4n) is 3.39. The van der Waals surface area contributed by atoms with Gasteiger partial charge in [0.05, 0.1) is 0 Å². The van der Waals surface area contributed by atoms with E-state index in [1.807, 2.05) is 0 Å². The Kier molecular flexibility index (Phi) is 4.30. The minimum absolute atomic E-state index is 0.00684. The van der Waals surface area contributed by atoms with Crippen molar-refractivity contribution in [3.8, 4) is 0 Å². The van der Waals surface area contributed by atoms with Crippen molar-refractivity contribution >= 4 is 17.5 Å². The molecule has 0 bridgehead atoms. The number of benzene rings is 1. The maximum absolute atomic E-state index is 13.4. The summed E-state index contributed by atoms with van der Waals surface area (Å²) in [5, 5.41) is 0. The number of halogens is 2. The Morgan fingerprint density at radius 2 is 2.00 bits per heavy atom. The van der Waals surface area contributed by atoms with Gasteiger partial charge in [0.2, 0.25) is 11.8 Å². The van der Waals surface area contributed by atoms with Gasteiger partial charge in [0, 0.05) is 37.4 Å². The summed E-state index contributed by atoms with van der Waals surface area (Å²) in [5.74, 6) is -3.28. The number of carbonyl (C=O) groups excluding carboxylic acids is 2. The minimum Gasteiger partial charge on any atom is -0.338 e. The van der Waals surface area contributed by atoms with Crippen molar-refractivity contribution in [1.82, 2.24) is 4.90 Å². The predicted octanol–water partition coefficient (Wildman–Crippen LogP) is 1.27. The highest BCUT2D eigenvalue weighted by atomic mass is 19.2. The first-order chi connectivity index (χ1) is 11.0. The Labute approximate surface area is 133 Å². The van der Waals surface area contributed by atoms with E-state index in [4.69, 9.17) is 5.73 Å². The molecule has 0 spiro atoms. The molecule has 5 nitrogen and oxygen atoms in total. The molecule has 2 aliphatic heterocycles. The van der Waals surface area contributed by atoms with Crippen molar-refractivity contribution in [2.75, 3.05) is 24.5 Å². The first-order valence-corrected chi connectivity index (χ1v) is 7.80. The molecule has 2 unspecified atom stereocenters. The van der Waals surface area contributed by atoms with Gasteiger partial charge in [-0.1, -0.05) is 0 Å². The summed E-state index contributed by atoms with van der Waals surface area (Å²) in [7, 11) is 0. The van der Waals surface area contributed by atoms with E-state index in [9.17, 15) is 18.4 Å². The SMILES string of the molecule is NCC1CCCN1C(=O)C1CCN(c2ccc(F)c(F)c2)C1=O. The Morgan fingerprint density at radius 1 is 1.22 bits per heavy atom. The van der Waals surface area contributed by atoms with E-state index in [0.29, 0.717) is 26.1 Å². The van der Waals surface area contributed by atoms with Crippen LogP contribution in [0, 0.1) is 17.6 Å². The second-order valence-corrected chi connectivity index (χ2v) is 5.99. The summed E-state index contributed by atoms with van der Waals surface area (Å²) < 4.78 is 26.4. The zero-order valence-corrected chi connectivity index (χ0v) is 12.7. The fourth-order valence-corrected chi connectivity index (χ4v) is 3.39. The first-order valence-electron chi connectivity index (χ1n) is 7.80. The highest BCUT2D eigenvalue weighted by molar-refractivity contribution is 6.09. The lowest BCUT2D eigenvalue weighted by atomic mass is 10.1. The van der Waals surface area contributed by atoms with Crippen LogP contribution in [0.1, 0.15) is 19.3 Å². The normalized spacial score (nSPS) is 24.6. The van der Waals surface area contributed by atoms with Crippen LogP contribution < -0.4 is 10.6 Å². The van der Waals surface area contributed by atoms with Crippen molar-refractivity contribution in [2.24, 2.45) is 11.7 Å². The van der Waals surface area contributed by atoms with Gasteiger partial charge in [0.15, 0.2) is 11.6 Å². The maximum atomic E-state index is 13.4. The monoisotopic (exact) mass is 323 g/mol. The molecule has 0 aromatic heterocycles. The third-order valence-electron chi connectivity index (χ3n) is 4.65. The molecule has 23 heavy (non-hydrogen) atoms. The molecule has 1 aromatic carbocycles. The lowest BCUT2D eigenvalue weighted by Crippen LogP contribution is -2.45. The van der Waals surface area contributed by atoms with Crippen LogP contribution in [0.15, 0.2) is 18.2 Å². The fraction of sp³-hybridized carbons (Fsp3) is 0.500. The van der Waals surface area contributed by atoms with Crippen molar-refractivity contribution < 1.29 is 18.4 Å². The molecule has 0 aliphatic carbocycles. The van der Waals surface area contributed by atoms with Gasteiger partial charge in [0.1, 0.15) is 5.92 Å². The third-order valence-corrected chi connectivity index (χ3v) is 4.65. The van der Waals surface area contributed by atoms with Gasteiger partial charge in [-0.3, -0.25) is 9.59 Å². The number of carbonyl (C=O) groups is 2. The summed E-state index contributed by atoms with van der Waals surface area (Å²) in [5.41, 5.74) is 5.96. The topological polar surface area (TPSA) is 66.6 Å². The van der Waals surface area contributed by atoms with Gasteiger partial charge in [-0.25, -0.2) is 8.78 Å². The van der Waals surface area contributed by atoms with Crippen molar-refractivity contribution in [1.29, 1.82) is 0 Å². The molecule has 1 aromatic rings. The zero-order chi connectivity index (χ0) is 16.6. The number of anilines is 1. The summed E-state index contributed by atoms with van der Waals surface area (Å²) >= 11 is 0. The van der Waals surface area contributed by atoms with E-state index in [1.54, 1.807) is 4.90 Å². The molecule has 2 fully saturated rings. The predicted molar refractivity (Wildman–Crippen MR) is 80.6 cm³/mol. The van der Waals surface area contributed by atoms with E-state index in [-0.39, 0.29) is 23.5 Å². The molecule has 0 radical (unpaired) electrons. The van der Waals surface area contributed by atoms with Crippen molar-refractivity contribution in [2.45, 2.75) is 25.3 Å². The van der Waals surface area contributed by atoms with Gasteiger partial charge in [0.25, 0.3) is 0 Å². The molecule has 3 rings (SSSR count). The van der Waals surface area contributed by atoms with Gasteiger partial charge >= 0.3 is 0 Å². The number of likely N-dealkylation sites (tertiary alicyclic amines) is 1. The molecule has 2 aliphatic rings. The molecular weight excluding hydrogens is 304 g/mol. The Bertz CT molecular complexity index is 638. The second-order valence-electron chi connectivity index (χ2n) is 5.99. The molecule has 7 heteroatoms. The Balaban J connectivity index is 1.76. The van der Waals surface area contributed by atoms with Crippen molar-refractivity contribution in [3.05, 3.63) is 29.8 Å². The first kappa shape index (κ1) is 15.9. The quantitative estimate of drug-likeness (QED) is 0.852. The molecule has 124 valence electrons. The third kappa shape index (κ3) is 2.81. The molecule has 2 N–H and O–H groups in total. The van der Waals surface area contributed by atoms with E-state index in [1.165, 1.54) is 11.0 Å². The van der Waals surface area contributed by atoms with Gasteiger partial charge in [-0.2, -0.15) is 0 Å². The lowest BCUT2D eigenvalue weighted by molar-refractivity contribution is -0.140. The highest BCUT2D eigenvalue weighted by Gasteiger charge is 2.42. The van der Waals surface area contributed by atoms with Gasteiger partial charge in [-0.05, 0) is 31.4 Å². The Hall–Kier alpha value is -2.02. The van der Waals surface area contributed by atoms with Gasteiger partial charge < -0.3 is 15.5 Å². The minimum atomic E-state index is -1.01. The standard InChI is InChI=1S/C16H19F2N3O2/c17-13-4-3-10(8-14(13)18)21-7-5-12(16(21)23)15(22)20-6-1-2-11(20)9-19/h3-4,8,11-12H,1-2,5-7,9,19H2. The van der Waals surface area contributed by atoms with E-state index in [2.05, 4.69) is 0 Å². The highest BCUT2D eigenvalue weighted by Crippen LogP contribution is 2.29. The number of hydrogen-bond donors (Lipinski definition) is 1. The van der Waals surface area contributed by atoms with Crippen LogP contribution in [0.25, 0.3) is 0 Å². The smallest absolute Gasteiger partial charge is 0.239 e. The molecule has 0 saturated carbocycles. The lowest BCUT2D eigenvalue weighted by Gasteiger charge is -2.26. The summed E-state index contributed by atoms with van der Waals surface area (Å²) in [6.45, 7) is 1.33. The van der Waals surface area contributed by atoms with E-state index in [0.717, 1.165) is 25.0 Å². The zero-order valence-electron chi connectivity index (χ0n) is 12.7. The van der Waals surface area contributed by atoms with E-state index >= 15 is 0 Å². The number of amides is 2. The molecule has 2 amide bonds.